The third kappa shape index (κ3) is 2.71. The van der Waals surface area contributed by atoms with Crippen molar-refractivity contribution in [3.05, 3.63) is 33.3 Å². The van der Waals surface area contributed by atoms with Crippen LogP contribution in [0.1, 0.15) is 24.2 Å². The molecule has 1 aliphatic heterocycles. The first-order chi connectivity index (χ1) is 8.42. The van der Waals surface area contributed by atoms with E-state index >= 15 is 0 Å². The molecule has 5 heteroatoms. The Bertz CT molecular complexity index is 476. The fourth-order valence-corrected chi connectivity index (χ4v) is 3.02. The molecule has 1 aromatic carbocycles. The molecule has 0 saturated carbocycles. The molecule has 0 aliphatic carbocycles. The predicted octanol–water partition coefficient (Wildman–Crippen LogP) is 2.93. The van der Waals surface area contributed by atoms with Crippen LogP contribution in [0, 0.1) is 0 Å². The Labute approximate surface area is 121 Å². The average molecular weight is 332 g/mol. The summed E-state index contributed by atoms with van der Waals surface area (Å²) >= 11 is 9.30. The summed E-state index contributed by atoms with van der Waals surface area (Å²) in [4.78, 5) is 14.5. The number of benzene rings is 1. The van der Waals surface area contributed by atoms with Crippen LogP contribution in [-0.2, 0) is 0 Å². The van der Waals surface area contributed by atoms with Gasteiger partial charge >= 0.3 is 0 Å². The van der Waals surface area contributed by atoms with Crippen molar-refractivity contribution in [1.82, 2.24) is 10.2 Å². The summed E-state index contributed by atoms with van der Waals surface area (Å²) in [5, 5.41) is 3.93. The smallest absolute Gasteiger partial charge is 0.255 e. The number of rotatable bonds is 1. The van der Waals surface area contributed by atoms with Gasteiger partial charge in [-0.05, 0) is 48.0 Å². The van der Waals surface area contributed by atoms with Gasteiger partial charge in [0.15, 0.2) is 0 Å². The van der Waals surface area contributed by atoms with E-state index in [2.05, 4.69) is 35.1 Å². The van der Waals surface area contributed by atoms with Gasteiger partial charge in [-0.2, -0.15) is 0 Å². The zero-order chi connectivity index (χ0) is 13.3. The number of carbonyl (C=O) groups excluding carboxylic acids is 1. The molecule has 0 radical (unpaired) electrons. The summed E-state index contributed by atoms with van der Waals surface area (Å²) in [6.45, 7) is 6.51. The molecular weight excluding hydrogens is 316 g/mol. The van der Waals surface area contributed by atoms with Gasteiger partial charge < -0.3 is 10.2 Å². The van der Waals surface area contributed by atoms with Gasteiger partial charge in [-0.25, -0.2) is 0 Å². The summed E-state index contributed by atoms with van der Waals surface area (Å²) in [6.07, 6.45) is 0. The van der Waals surface area contributed by atoms with Crippen molar-refractivity contribution in [2.75, 3.05) is 19.6 Å². The highest BCUT2D eigenvalue weighted by Crippen LogP contribution is 2.26. The lowest BCUT2D eigenvalue weighted by molar-refractivity contribution is 0.0476. The fourth-order valence-electron chi connectivity index (χ4n) is 2.17. The van der Waals surface area contributed by atoms with Crippen LogP contribution in [0.4, 0.5) is 0 Å². The van der Waals surface area contributed by atoms with Crippen LogP contribution in [0.2, 0.25) is 5.02 Å². The van der Waals surface area contributed by atoms with E-state index in [9.17, 15) is 4.79 Å². The second kappa shape index (κ2) is 5.19. The van der Waals surface area contributed by atoms with E-state index in [1.807, 2.05) is 4.90 Å². The van der Waals surface area contributed by atoms with E-state index in [0.717, 1.165) is 24.1 Å². The topological polar surface area (TPSA) is 32.3 Å². The SMILES string of the molecule is CC1(C)CNCCN1C(=O)c1ccc(Cl)cc1Br. The third-order valence-corrected chi connectivity index (χ3v) is 4.10. The van der Waals surface area contributed by atoms with Crippen LogP contribution in [-0.4, -0.2) is 36.0 Å². The van der Waals surface area contributed by atoms with Crippen LogP contribution >= 0.6 is 27.5 Å². The lowest BCUT2D eigenvalue weighted by Gasteiger charge is -2.43. The minimum absolute atomic E-state index is 0.0463. The van der Waals surface area contributed by atoms with Crippen molar-refractivity contribution in [2.24, 2.45) is 0 Å². The van der Waals surface area contributed by atoms with Gasteiger partial charge in [0.1, 0.15) is 0 Å². The number of nitrogens with zero attached hydrogens (tertiary/aromatic N) is 1. The highest BCUT2D eigenvalue weighted by molar-refractivity contribution is 9.10. The standard InChI is InChI=1S/C13H16BrClN2O/c1-13(2)8-16-5-6-17(13)12(18)10-4-3-9(15)7-11(10)14/h3-4,7,16H,5-6,8H2,1-2H3. The predicted molar refractivity (Wildman–Crippen MR) is 77.1 cm³/mol. The Morgan fingerprint density at radius 1 is 1.50 bits per heavy atom. The molecule has 0 unspecified atom stereocenters. The van der Waals surface area contributed by atoms with Crippen molar-refractivity contribution < 1.29 is 4.79 Å². The molecule has 2 rings (SSSR count). The lowest BCUT2D eigenvalue weighted by Crippen LogP contribution is -2.59. The first-order valence-electron chi connectivity index (χ1n) is 5.89. The van der Waals surface area contributed by atoms with Gasteiger partial charge in [0.2, 0.25) is 0 Å². The van der Waals surface area contributed by atoms with Crippen molar-refractivity contribution in [3.8, 4) is 0 Å². The minimum Gasteiger partial charge on any atom is -0.331 e. The zero-order valence-corrected chi connectivity index (χ0v) is 12.8. The van der Waals surface area contributed by atoms with E-state index in [0.29, 0.717) is 10.6 Å². The summed E-state index contributed by atoms with van der Waals surface area (Å²) in [5.74, 6) is 0.0463. The highest BCUT2D eigenvalue weighted by Gasteiger charge is 2.34. The van der Waals surface area contributed by atoms with E-state index in [1.165, 1.54) is 0 Å². The van der Waals surface area contributed by atoms with E-state index in [4.69, 9.17) is 11.6 Å². The highest BCUT2D eigenvalue weighted by atomic mass is 79.9. The first-order valence-corrected chi connectivity index (χ1v) is 7.07. The van der Waals surface area contributed by atoms with Crippen molar-refractivity contribution >= 4 is 33.4 Å². The summed E-state index contributed by atoms with van der Waals surface area (Å²) < 4.78 is 0.745. The Morgan fingerprint density at radius 2 is 2.22 bits per heavy atom. The van der Waals surface area contributed by atoms with Crippen molar-refractivity contribution in [3.63, 3.8) is 0 Å². The number of carbonyl (C=O) groups is 1. The molecule has 0 bridgehead atoms. The molecule has 0 aromatic heterocycles. The zero-order valence-electron chi connectivity index (χ0n) is 10.5. The Morgan fingerprint density at radius 3 is 2.83 bits per heavy atom. The molecule has 98 valence electrons. The monoisotopic (exact) mass is 330 g/mol. The first kappa shape index (κ1) is 13.8. The van der Waals surface area contributed by atoms with Gasteiger partial charge in [0, 0.05) is 29.1 Å². The van der Waals surface area contributed by atoms with Gasteiger partial charge in [-0.3, -0.25) is 4.79 Å². The van der Waals surface area contributed by atoms with Crippen molar-refractivity contribution in [1.29, 1.82) is 0 Å². The van der Waals surface area contributed by atoms with Crippen LogP contribution in [0.25, 0.3) is 0 Å². The van der Waals surface area contributed by atoms with Gasteiger partial charge in [0.25, 0.3) is 5.91 Å². The second-order valence-electron chi connectivity index (χ2n) is 5.07. The second-order valence-corrected chi connectivity index (χ2v) is 6.36. The minimum atomic E-state index is -0.172. The largest absolute Gasteiger partial charge is 0.331 e. The lowest BCUT2D eigenvalue weighted by atomic mass is 9.99. The Balaban J connectivity index is 2.30. The van der Waals surface area contributed by atoms with Crippen LogP contribution in [0.3, 0.4) is 0 Å². The molecule has 3 nitrogen and oxygen atoms in total. The van der Waals surface area contributed by atoms with Gasteiger partial charge in [-0.1, -0.05) is 11.6 Å². The number of nitrogens with one attached hydrogen (secondary N) is 1. The van der Waals surface area contributed by atoms with E-state index in [1.54, 1.807) is 18.2 Å². The molecule has 0 spiro atoms. The van der Waals surface area contributed by atoms with Crippen molar-refractivity contribution in [2.45, 2.75) is 19.4 Å². The maximum atomic E-state index is 12.6. The number of halogens is 2. The molecule has 0 atom stereocenters. The van der Waals surface area contributed by atoms with E-state index in [-0.39, 0.29) is 11.4 Å². The molecule has 1 saturated heterocycles. The molecule has 18 heavy (non-hydrogen) atoms. The van der Waals surface area contributed by atoms with Crippen LogP contribution in [0.5, 0.6) is 0 Å². The van der Waals surface area contributed by atoms with Gasteiger partial charge in [-0.15, -0.1) is 0 Å². The summed E-state index contributed by atoms with van der Waals surface area (Å²) in [5.41, 5.74) is 0.489. The van der Waals surface area contributed by atoms with Crippen LogP contribution in [0.15, 0.2) is 22.7 Å². The maximum absolute atomic E-state index is 12.6. The number of hydrogen-bond donors (Lipinski definition) is 1. The fraction of sp³-hybridized carbons (Fsp3) is 0.462. The third-order valence-electron chi connectivity index (χ3n) is 3.21. The molecule has 1 N–H and O–H groups in total. The number of piperazine rings is 1. The quantitative estimate of drug-likeness (QED) is 0.858. The number of hydrogen-bond acceptors (Lipinski definition) is 2. The maximum Gasteiger partial charge on any atom is 0.255 e. The Hall–Kier alpha value is -0.580. The molecule has 1 amide bonds. The van der Waals surface area contributed by atoms with E-state index < -0.39 is 0 Å². The molecular formula is C13H16BrClN2O. The molecule has 1 aromatic rings. The van der Waals surface area contributed by atoms with Crippen LogP contribution < -0.4 is 5.32 Å². The number of amides is 1. The molecule has 1 aliphatic rings. The van der Waals surface area contributed by atoms with Gasteiger partial charge in [0.05, 0.1) is 11.1 Å². The Kier molecular flexibility index (Phi) is 3.99. The molecule has 1 fully saturated rings. The molecule has 1 heterocycles. The summed E-state index contributed by atoms with van der Waals surface area (Å²) in [7, 11) is 0. The summed E-state index contributed by atoms with van der Waals surface area (Å²) in [6, 6.07) is 5.27. The average Bonchev–Trinajstić information content (AvgIpc) is 2.27. The normalized spacial score (nSPS) is 18.8.